The van der Waals surface area contributed by atoms with Crippen LogP contribution < -0.4 is 5.32 Å². The molecule has 0 radical (unpaired) electrons. The third kappa shape index (κ3) is 4.91. The summed E-state index contributed by atoms with van der Waals surface area (Å²) in [5, 5.41) is 6.09. The number of hydrogen-bond acceptors (Lipinski definition) is 4. The number of amides is 1. The summed E-state index contributed by atoms with van der Waals surface area (Å²) < 4.78 is 59.5. The van der Waals surface area contributed by atoms with Crippen molar-refractivity contribution < 1.29 is 31.9 Å². The standard InChI is InChI=1S/C23H18ClF4N3O3/c24-17-6-3-5-16(23(26,27)28)21(17)29-19(32)12-34-22(33)20-15-4-1-2-7-18(15)31(30-20)14-10-8-13(25)9-11-14/h3,5-6,8-11H,1-2,4,7,12H2,(H,29,32). The first-order chi connectivity index (χ1) is 16.1. The number of benzene rings is 2. The third-order valence-corrected chi connectivity index (χ3v) is 5.68. The average molecular weight is 496 g/mol. The maximum absolute atomic E-state index is 13.3. The molecule has 2 aromatic carbocycles. The molecule has 178 valence electrons. The van der Waals surface area contributed by atoms with E-state index in [1.54, 1.807) is 4.68 Å². The maximum Gasteiger partial charge on any atom is 0.418 e. The van der Waals surface area contributed by atoms with Gasteiger partial charge in [0.25, 0.3) is 5.91 Å². The summed E-state index contributed by atoms with van der Waals surface area (Å²) in [6.07, 6.45) is -1.80. The van der Waals surface area contributed by atoms with Crippen LogP contribution in [0.1, 0.15) is 40.2 Å². The van der Waals surface area contributed by atoms with Crippen LogP contribution >= 0.6 is 11.6 Å². The second-order valence-corrected chi connectivity index (χ2v) is 8.06. The minimum atomic E-state index is -4.74. The molecule has 0 aliphatic heterocycles. The van der Waals surface area contributed by atoms with Gasteiger partial charge in [-0.25, -0.2) is 13.9 Å². The molecule has 0 bridgehead atoms. The molecule has 0 spiro atoms. The lowest BCUT2D eigenvalue weighted by molar-refractivity contribution is -0.137. The number of halogens is 5. The summed E-state index contributed by atoms with van der Waals surface area (Å²) in [6.45, 7) is -0.834. The van der Waals surface area contributed by atoms with Crippen LogP contribution in [-0.2, 0) is 28.5 Å². The van der Waals surface area contributed by atoms with Crippen molar-refractivity contribution in [3.05, 3.63) is 75.8 Å². The van der Waals surface area contributed by atoms with Gasteiger partial charge in [-0.3, -0.25) is 4.79 Å². The average Bonchev–Trinajstić information content (AvgIpc) is 3.18. The number of aromatic nitrogens is 2. The maximum atomic E-state index is 13.3. The molecular formula is C23H18ClF4N3O3. The SMILES string of the molecule is O=C(COC(=O)c1nn(-c2ccc(F)cc2)c2c1CCCC2)Nc1c(Cl)cccc1C(F)(F)F. The molecule has 1 aliphatic carbocycles. The Labute approximate surface area is 196 Å². The van der Waals surface area contributed by atoms with Crippen LogP contribution in [0.3, 0.4) is 0 Å². The third-order valence-electron chi connectivity index (χ3n) is 5.36. The van der Waals surface area contributed by atoms with Crippen molar-refractivity contribution in [2.45, 2.75) is 31.9 Å². The van der Waals surface area contributed by atoms with Gasteiger partial charge in [0.2, 0.25) is 0 Å². The van der Waals surface area contributed by atoms with Crippen molar-refractivity contribution in [3.8, 4) is 5.69 Å². The van der Waals surface area contributed by atoms with E-state index in [-0.39, 0.29) is 10.7 Å². The molecule has 0 saturated heterocycles. The van der Waals surface area contributed by atoms with Crippen LogP contribution in [0.5, 0.6) is 0 Å². The van der Waals surface area contributed by atoms with Crippen molar-refractivity contribution in [3.63, 3.8) is 0 Å². The van der Waals surface area contributed by atoms with E-state index in [9.17, 15) is 27.2 Å². The first-order valence-corrected chi connectivity index (χ1v) is 10.7. The summed E-state index contributed by atoms with van der Waals surface area (Å²) in [6, 6.07) is 8.70. The topological polar surface area (TPSA) is 73.2 Å². The highest BCUT2D eigenvalue weighted by molar-refractivity contribution is 6.34. The molecule has 0 saturated carbocycles. The van der Waals surface area contributed by atoms with Crippen molar-refractivity contribution in [2.24, 2.45) is 0 Å². The molecule has 34 heavy (non-hydrogen) atoms. The van der Waals surface area contributed by atoms with Crippen molar-refractivity contribution in [2.75, 3.05) is 11.9 Å². The van der Waals surface area contributed by atoms with Gasteiger partial charge < -0.3 is 10.1 Å². The number of para-hydroxylation sites is 1. The molecule has 1 aromatic heterocycles. The Morgan fingerprint density at radius 1 is 1.09 bits per heavy atom. The Morgan fingerprint density at radius 2 is 1.79 bits per heavy atom. The highest BCUT2D eigenvalue weighted by Gasteiger charge is 2.35. The summed E-state index contributed by atoms with van der Waals surface area (Å²) in [7, 11) is 0. The number of alkyl halides is 3. The van der Waals surface area contributed by atoms with E-state index in [1.807, 2.05) is 0 Å². The zero-order chi connectivity index (χ0) is 24.5. The summed E-state index contributed by atoms with van der Waals surface area (Å²) in [5.74, 6) is -2.29. The summed E-state index contributed by atoms with van der Waals surface area (Å²) in [5.41, 5.74) is 0.310. The van der Waals surface area contributed by atoms with Crippen LogP contribution in [0.15, 0.2) is 42.5 Å². The van der Waals surface area contributed by atoms with Gasteiger partial charge in [0.15, 0.2) is 12.3 Å². The fraction of sp³-hybridized carbons (Fsp3) is 0.261. The first-order valence-electron chi connectivity index (χ1n) is 10.3. The molecule has 0 fully saturated rings. The number of nitrogens with zero attached hydrogens (tertiary/aromatic N) is 2. The molecule has 1 aliphatic rings. The normalized spacial score (nSPS) is 13.3. The predicted molar refractivity (Wildman–Crippen MR) is 116 cm³/mol. The van der Waals surface area contributed by atoms with E-state index < -0.39 is 41.7 Å². The molecule has 6 nitrogen and oxygen atoms in total. The van der Waals surface area contributed by atoms with Crippen LogP contribution in [0.4, 0.5) is 23.2 Å². The van der Waals surface area contributed by atoms with Crippen LogP contribution in [0, 0.1) is 5.82 Å². The number of ether oxygens (including phenoxy) is 1. The molecule has 4 rings (SSSR count). The summed E-state index contributed by atoms with van der Waals surface area (Å²) >= 11 is 5.83. The van der Waals surface area contributed by atoms with E-state index in [0.29, 0.717) is 24.1 Å². The van der Waals surface area contributed by atoms with Gasteiger partial charge in [-0.15, -0.1) is 0 Å². The van der Waals surface area contributed by atoms with Gasteiger partial charge in [-0.1, -0.05) is 17.7 Å². The van der Waals surface area contributed by atoms with Crippen molar-refractivity contribution >= 4 is 29.2 Å². The molecule has 11 heteroatoms. The number of esters is 1. The Bertz CT molecular complexity index is 1240. The quantitative estimate of drug-likeness (QED) is 0.382. The summed E-state index contributed by atoms with van der Waals surface area (Å²) in [4.78, 5) is 25.0. The highest BCUT2D eigenvalue weighted by Crippen LogP contribution is 2.38. The predicted octanol–water partition coefficient (Wildman–Crippen LogP) is 5.36. The van der Waals surface area contributed by atoms with E-state index in [4.69, 9.17) is 16.3 Å². The van der Waals surface area contributed by atoms with Gasteiger partial charge >= 0.3 is 12.1 Å². The van der Waals surface area contributed by atoms with Gasteiger partial charge in [0.05, 0.1) is 22.0 Å². The number of carbonyl (C=O) groups is 2. The molecular weight excluding hydrogens is 478 g/mol. The van der Waals surface area contributed by atoms with Crippen LogP contribution in [0.2, 0.25) is 5.02 Å². The molecule has 1 heterocycles. The minimum Gasteiger partial charge on any atom is -0.451 e. The molecule has 1 amide bonds. The Morgan fingerprint density at radius 3 is 2.50 bits per heavy atom. The van der Waals surface area contributed by atoms with Crippen LogP contribution in [0.25, 0.3) is 5.69 Å². The van der Waals surface area contributed by atoms with E-state index >= 15 is 0 Å². The smallest absolute Gasteiger partial charge is 0.418 e. The van der Waals surface area contributed by atoms with Crippen LogP contribution in [-0.4, -0.2) is 28.3 Å². The molecule has 0 atom stereocenters. The second kappa shape index (κ2) is 9.46. The van der Waals surface area contributed by atoms with Gasteiger partial charge in [-0.2, -0.15) is 18.3 Å². The number of carbonyl (C=O) groups excluding carboxylic acids is 2. The second-order valence-electron chi connectivity index (χ2n) is 7.65. The molecule has 0 unspecified atom stereocenters. The number of nitrogens with one attached hydrogen (secondary N) is 1. The first kappa shape index (κ1) is 23.7. The van der Waals surface area contributed by atoms with E-state index in [1.165, 1.54) is 30.3 Å². The largest absolute Gasteiger partial charge is 0.451 e. The highest BCUT2D eigenvalue weighted by atomic mass is 35.5. The lowest BCUT2D eigenvalue weighted by Gasteiger charge is -2.15. The zero-order valence-electron chi connectivity index (χ0n) is 17.6. The van der Waals surface area contributed by atoms with Gasteiger partial charge in [0.1, 0.15) is 5.82 Å². The fourth-order valence-electron chi connectivity index (χ4n) is 3.82. The monoisotopic (exact) mass is 495 g/mol. The molecule has 1 N–H and O–H groups in total. The van der Waals surface area contributed by atoms with E-state index in [0.717, 1.165) is 30.7 Å². The van der Waals surface area contributed by atoms with Crippen molar-refractivity contribution in [1.29, 1.82) is 0 Å². The molecule has 3 aromatic rings. The number of hydrogen-bond donors (Lipinski definition) is 1. The van der Waals surface area contributed by atoms with Crippen molar-refractivity contribution in [1.82, 2.24) is 9.78 Å². The van der Waals surface area contributed by atoms with Gasteiger partial charge in [0, 0.05) is 11.3 Å². The number of rotatable bonds is 5. The Kier molecular flexibility index (Phi) is 6.60. The van der Waals surface area contributed by atoms with Gasteiger partial charge in [-0.05, 0) is 62.1 Å². The lowest BCUT2D eigenvalue weighted by Crippen LogP contribution is -2.23. The zero-order valence-corrected chi connectivity index (χ0v) is 18.3. The lowest BCUT2D eigenvalue weighted by atomic mass is 9.95. The Balaban J connectivity index is 1.51. The Hall–Kier alpha value is -3.40. The number of fused-ring (bicyclic) bond motifs is 1. The van der Waals surface area contributed by atoms with E-state index in [2.05, 4.69) is 10.4 Å². The minimum absolute atomic E-state index is 0.0144. The fourth-order valence-corrected chi connectivity index (χ4v) is 4.04. The number of anilines is 1.